The molecule has 0 radical (unpaired) electrons. The van der Waals surface area contributed by atoms with Gasteiger partial charge in [0.2, 0.25) is 0 Å². The summed E-state index contributed by atoms with van der Waals surface area (Å²) in [6, 6.07) is 13.8. The van der Waals surface area contributed by atoms with Crippen molar-refractivity contribution in [3.63, 3.8) is 0 Å². The minimum atomic E-state index is -0.376. The number of carbonyl (C=O) groups excluding carboxylic acids is 1. The number of nitrogens with one attached hydrogen (secondary N) is 3. The van der Waals surface area contributed by atoms with Gasteiger partial charge in [-0.3, -0.25) is 9.69 Å². The molecule has 1 aliphatic rings. The van der Waals surface area contributed by atoms with E-state index in [1.54, 1.807) is 7.11 Å². The van der Waals surface area contributed by atoms with Gasteiger partial charge in [0.15, 0.2) is 0 Å². The molecular formula is C24H29N5O3. The van der Waals surface area contributed by atoms with E-state index in [9.17, 15) is 9.59 Å². The number of imidazole rings is 1. The Morgan fingerprint density at radius 3 is 2.53 bits per heavy atom. The standard InChI is InChI=1S/C24H29N5O3/c1-16-8-9-18(17(2)14-16)25-23(30)22-19(26-24(31)27-22)15-28-10-12-29(13-11-28)20-6-4-5-7-21(20)32-3/h4-9,14H,10-13,15H2,1-3H3,(H,25,30)(H2,26,27,31). The maximum atomic E-state index is 12.9. The minimum Gasteiger partial charge on any atom is -0.495 e. The van der Waals surface area contributed by atoms with Gasteiger partial charge in [-0.05, 0) is 37.6 Å². The summed E-state index contributed by atoms with van der Waals surface area (Å²) in [6.07, 6.45) is 0. The summed E-state index contributed by atoms with van der Waals surface area (Å²) in [5.74, 6) is 0.541. The lowest BCUT2D eigenvalue weighted by Gasteiger charge is -2.36. The van der Waals surface area contributed by atoms with Crippen molar-refractivity contribution in [2.24, 2.45) is 0 Å². The molecule has 1 aliphatic heterocycles. The number of carbonyl (C=O) groups is 1. The van der Waals surface area contributed by atoms with Crippen LogP contribution in [0, 0.1) is 13.8 Å². The van der Waals surface area contributed by atoms with E-state index in [2.05, 4.69) is 31.2 Å². The van der Waals surface area contributed by atoms with Crippen molar-refractivity contribution in [3.05, 3.63) is 75.5 Å². The smallest absolute Gasteiger partial charge is 0.323 e. The number of rotatable bonds is 6. The van der Waals surface area contributed by atoms with Gasteiger partial charge < -0.3 is 24.9 Å². The Labute approximate surface area is 187 Å². The first-order chi connectivity index (χ1) is 15.4. The van der Waals surface area contributed by atoms with Gasteiger partial charge in [-0.2, -0.15) is 0 Å². The fraction of sp³-hybridized carbons (Fsp3) is 0.333. The van der Waals surface area contributed by atoms with Gasteiger partial charge in [-0.15, -0.1) is 0 Å². The molecule has 0 bridgehead atoms. The van der Waals surface area contributed by atoms with Crippen LogP contribution >= 0.6 is 0 Å². The second kappa shape index (κ2) is 9.32. The molecule has 0 unspecified atom stereocenters. The molecule has 3 aromatic rings. The van der Waals surface area contributed by atoms with Crippen LogP contribution in [0.2, 0.25) is 0 Å². The summed E-state index contributed by atoms with van der Waals surface area (Å²) < 4.78 is 5.49. The third kappa shape index (κ3) is 4.70. The molecule has 3 N–H and O–H groups in total. The number of nitrogens with zero attached hydrogens (tertiary/aromatic N) is 2. The number of ether oxygens (including phenoxy) is 1. The first-order valence-electron chi connectivity index (χ1n) is 10.7. The van der Waals surface area contributed by atoms with Crippen molar-refractivity contribution in [1.29, 1.82) is 0 Å². The fourth-order valence-electron chi connectivity index (χ4n) is 4.13. The molecule has 2 aromatic carbocycles. The number of amides is 1. The Morgan fingerprint density at radius 1 is 1.06 bits per heavy atom. The molecule has 1 amide bonds. The van der Waals surface area contributed by atoms with E-state index >= 15 is 0 Å². The average Bonchev–Trinajstić information content (AvgIpc) is 3.16. The third-order valence-electron chi connectivity index (χ3n) is 5.84. The third-order valence-corrected chi connectivity index (χ3v) is 5.84. The van der Waals surface area contributed by atoms with Crippen LogP contribution in [0.15, 0.2) is 47.3 Å². The maximum Gasteiger partial charge on any atom is 0.323 e. The van der Waals surface area contributed by atoms with Gasteiger partial charge in [-0.1, -0.05) is 29.8 Å². The lowest BCUT2D eigenvalue weighted by atomic mass is 10.1. The lowest BCUT2D eigenvalue weighted by molar-refractivity contribution is 0.102. The summed E-state index contributed by atoms with van der Waals surface area (Å²) in [7, 11) is 1.68. The van der Waals surface area contributed by atoms with Crippen LogP contribution in [0.4, 0.5) is 11.4 Å². The highest BCUT2D eigenvalue weighted by molar-refractivity contribution is 6.04. The van der Waals surface area contributed by atoms with Gasteiger partial charge in [0, 0.05) is 38.4 Å². The number of para-hydroxylation sites is 2. The van der Waals surface area contributed by atoms with Gasteiger partial charge in [0.25, 0.3) is 5.91 Å². The van der Waals surface area contributed by atoms with Crippen LogP contribution in [-0.4, -0.2) is 54.1 Å². The molecule has 168 valence electrons. The minimum absolute atomic E-state index is 0.280. The van der Waals surface area contributed by atoms with Crippen LogP contribution in [0.5, 0.6) is 5.75 Å². The molecule has 4 rings (SSSR count). The number of H-pyrrole nitrogens is 2. The monoisotopic (exact) mass is 435 g/mol. The maximum absolute atomic E-state index is 12.9. The number of benzene rings is 2. The molecule has 32 heavy (non-hydrogen) atoms. The second-order valence-corrected chi connectivity index (χ2v) is 8.14. The molecular weight excluding hydrogens is 406 g/mol. The summed E-state index contributed by atoms with van der Waals surface area (Å²) in [5, 5.41) is 2.92. The molecule has 1 aromatic heterocycles. The van der Waals surface area contributed by atoms with Crippen LogP contribution in [0.1, 0.15) is 27.3 Å². The molecule has 0 saturated carbocycles. The van der Waals surface area contributed by atoms with E-state index in [0.29, 0.717) is 12.2 Å². The van der Waals surface area contributed by atoms with Gasteiger partial charge in [-0.25, -0.2) is 4.79 Å². The predicted octanol–water partition coefficient (Wildman–Crippen LogP) is 2.90. The van der Waals surface area contributed by atoms with Gasteiger partial charge in [0.1, 0.15) is 11.4 Å². The number of piperazine rings is 1. The number of anilines is 2. The van der Waals surface area contributed by atoms with E-state index in [1.807, 2.05) is 50.2 Å². The number of aryl methyl sites for hydroxylation is 2. The van der Waals surface area contributed by atoms with Crippen LogP contribution in [0.25, 0.3) is 0 Å². The number of hydrogen-bond acceptors (Lipinski definition) is 5. The highest BCUT2D eigenvalue weighted by Gasteiger charge is 2.23. The molecule has 0 aliphatic carbocycles. The van der Waals surface area contributed by atoms with E-state index in [1.165, 1.54) is 0 Å². The van der Waals surface area contributed by atoms with Crippen molar-refractivity contribution in [3.8, 4) is 5.75 Å². The fourth-order valence-corrected chi connectivity index (χ4v) is 4.13. The largest absolute Gasteiger partial charge is 0.495 e. The number of hydrogen-bond donors (Lipinski definition) is 3. The highest BCUT2D eigenvalue weighted by Crippen LogP contribution is 2.28. The molecule has 8 heteroatoms. The van der Waals surface area contributed by atoms with E-state index in [4.69, 9.17) is 4.74 Å². The summed E-state index contributed by atoms with van der Waals surface area (Å²) >= 11 is 0. The average molecular weight is 436 g/mol. The first kappa shape index (κ1) is 21.7. The molecule has 0 spiro atoms. The predicted molar refractivity (Wildman–Crippen MR) is 126 cm³/mol. The van der Waals surface area contributed by atoms with Crippen LogP contribution in [-0.2, 0) is 6.54 Å². The zero-order chi connectivity index (χ0) is 22.7. The number of aromatic nitrogens is 2. The molecule has 8 nitrogen and oxygen atoms in total. The zero-order valence-corrected chi connectivity index (χ0v) is 18.7. The lowest BCUT2D eigenvalue weighted by Crippen LogP contribution is -2.46. The van der Waals surface area contributed by atoms with Crippen LogP contribution < -0.4 is 20.6 Å². The quantitative estimate of drug-likeness (QED) is 0.554. The van der Waals surface area contributed by atoms with Gasteiger partial charge >= 0.3 is 5.69 Å². The first-order valence-corrected chi connectivity index (χ1v) is 10.7. The Kier molecular flexibility index (Phi) is 6.32. The second-order valence-electron chi connectivity index (χ2n) is 8.14. The van der Waals surface area contributed by atoms with Crippen molar-refractivity contribution in [2.75, 3.05) is 43.5 Å². The zero-order valence-electron chi connectivity index (χ0n) is 18.7. The molecule has 2 heterocycles. The summed E-state index contributed by atoms with van der Waals surface area (Å²) in [6.45, 7) is 7.73. The Balaban J connectivity index is 1.42. The van der Waals surface area contributed by atoms with E-state index in [-0.39, 0.29) is 17.3 Å². The Morgan fingerprint density at radius 2 is 1.81 bits per heavy atom. The van der Waals surface area contributed by atoms with Gasteiger partial charge in [0.05, 0.1) is 18.5 Å². The molecule has 1 fully saturated rings. The normalized spacial score (nSPS) is 14.4. The molecule has 0 atom stereocenters. The SMILES string of the molecule is COc1ccccc1N1CCN(Cc2[nH]c(=O)[nH]c2C(=O)Nc2ccc(C)cc2C)CC1. The summed E-state index contributed by atoms with van der Waals surface area (Å²) in [5.41, 5.74) is 4.43. The summed E-state index contributed by atoms with van der Waals surface area (Å²) in [4.78, 5) is 34.9. The van der Waals surface area contributed by atoms with E-state index < -0.39 is 0 Å². The number of aromatic amines is 2. The van der Waals surface area contributed by atoms with Crippen molar-refractivity contribution >= 4 is 17.3 Å². The van der Waals surface area contributed by atoms with Crippen molar-refractivity contribution in [1.82, 2.24) is 14.9 Å². The highest BCUT2D eigenvalue weighted by atomic mass is 16.5. The van der Waals surface area contributed by atoms with Crippen molar-refractivity contribution in [2.45, 2.75) is 20.4 Å². The van der Waals surface area contributed by atoms with E-state index in [0.717, 1.165) is 54.4 Å². The Bertz CT molecular complexity index is 1160. The number of methoxy groups -OCH3 is 1. The topological polar surface area (TPSA) is 93.5 Å². The Hall–Kier alpha value is -3.52. The molecule has 1 saturated heterocycles. The van der Waals surface area contributed by atoms with Crippen LogP contribution in [0.3, 0.4) is 0 Å². The van der Waals surface area contributed by atoms with Crippen molar-refractivity contribution < 1.29 is 9.53 Å².